The van der Waals surface area contributed by atoms with E-state index in [0.29, 0.717) is 22.0 Å². The SMILES string of the molecule is C=CCSc1nc2c(c(=O)[nH]1)C(c1cccc(F)c1)CC(=O)N2. The van der Waals surface area contributed by atoms with E-state index in [1.165, 1.54) is 23.9 Å². The van der Waals surface area contributed by atoms with Gasteiger partial charge in [0, 0.05) is 18.1 Å². The molecule has 0 spiro atoms. The molecule has 3 rings (SSSR count). The number of halogens is 1. The molecule has 1 atom stereocenters. The number of aromatic amines is 1. The van der Waals surface area contributed by atoms with Gasteiger partial charge in [-0.2, -0.15) is 0 Å². The van der Waals surface area contributed by atoms with E-state index in [1.807, 2.05) is 0 Å². The van der Waals surface area contributed by atoms with Gasteiger partial charge in [-0.1, -0.05) is 30.0 Å². The molecular formula is C16H14FN3O2S. The van der Waals surface area contributed by atoms with Crippen molar-refractivity contribution in [2.45, 2.75) is 17.5 Å². The lowest BCUT2D eigenvalue weighted by atomic mass is 9.87. The Morgan fingerprint density at radius 3 is 3.00 bits per heavy atom. The summed E-state index contributed by atoms with van der Waals surface area (Å²) < 4.78 is 13.5. The van der Waals surface area contributed by atoms with Crippen LogP contribution in [0.5, 0.6) is 0 Å². The number of nitrogens with zero attached hydrogens (tertiary/aromatic N) is 1. The molecule has 1 unspecified atom stereocenters. The van der Waals surface area contributed by atoms with Crippen LogP contribution in [0.3, 0.4) is 0 Å². The molecule has 0 aliphatic carbocycles. The van der Waals surface area contributed by atoms with E-state index in [-0.39, 0.29) is 23.7 Å². The fourth-order valence-electron chi connectivity index (χ4n) is 2.56. The van der Waals surface area contributed by atoms with Crippen LogP contribution in [-0.2, 0) is 4.79 Å². The summed E-state index contributed by atoms with van der Waals surface area (Å²) in [5.74, 6) is -0.333. The van der Waals surface area contributed by atoms with Crippen molar-refractivity contribution in [3.63, 3.8) is 0 Å². The maximum atomic E-state index is 13.5. The molecule has 0 saturated carbocycles. The number of rotatable bonds is 4. The fourth-order valence-corrected chi connectivity index (χ4v) is 3.16. The van der Waals surface area contributed by atoms with Crippen molar-refractivity contribution in [1.29, 1.82) is 0 Å². The number of hydrogen-bond acceptors (Lipinski definition) is 4. The Bertz CT molecular complexity index is 834. The van der Waals surface area contributed by atoms with Crippen molar-refractivity contribution in [2.24, 2.45) is 0 Å². The van der Waals surface area contributed by atoms with Gasteiger partial charge in [0.2, 0.25) is 5.91 Å². The Morgan fingerprint density at radius 2 is 2.26 bits per heavy atom. The molecule has 0 radical (unpaired) electrons. The first kappa shape index (κ1) is 15.5. The minimum atomic E-state index is -0.510. The van der Waals surface area contributed by atoms with Gasteiger partial charge in [0.15, 0.2) is 5.16 Å². The van der Waals surface area contributed by atoms with Crippen molar-refractivity contribution in [1.82, 2.24) is 9.97 Å². The van der Waals surface area contributed by atoms with E-state index in [1.54, 1.807) is 18.2 Å². The van der Waals surface area contributed by atoms with Gasteiger partial charge in [-0.05, 0) is 17.7 Å². The molecule has 2 heterocycles. The number of amides is 1. The molecule has 0 fully saturated rings. The first-order chi connectivity index (χ1) is 11.1. The number of H-pyrrole nitrogens is 1. The second-order valence-corrected chi connectivity index (χ2v) is 6.10. The van der Waals surface area contributed by atoms with Crippen molar-refractivity contribution in [3.05, 3.63) is 64.2 Å². The molecule has 0 saturated heterocycles. The highest BCUT2D eigenvalue weighted by atomic mass is 32.2. The van der Waals surface area contributed by atoms with E-state index in [9.17, 15) is 14.0 Å². The van der Waals surface area contributed by atoms with Gasteiger partial charge in [-0.25, -0.2) is 9.37 Å². The predicted octanol–water partition coefficient (Wildman–Crippen LogP) is 2.66. The molecule has 118 valence electrons. The summed E-state index contributed by atoms with van der Waals surface area (Å²) >= 11 is 1.31. The number of carbonyl (C=O) groups is 1. The van der Waals surface area contributed by atoms with Crippen LogP contribution in [0.4, 0.5) is 10.2 Å². The average molecular weight is 331 g/mol. The minimum absolute atomic E-state index is 0.0837. The Morgan fingerprint density at radius 1 is 1.43 bits per heavy atom. The molecular weight excluding hydrogens is 317 g/mol. The molecule has 23 heavy (non-hydrogen) atoms. The van der Waals surface area contributed by atoms with Crippen LogP contribution in [0, 0.1) is 5.82 Å². The molecule has 7 heteroatoms. The van der Waals surface area contributed by atoms with Crippen LogP contribution in [0.2, 0.25) is 0 Å². The number of hydrogen-bond donors (Lipinski definition) is 2. The van der Waals surface area contributed by atoms with Crippen LogP contribution in [0.15, 0.2) is 46.9 Å². The Kier molecular flexibility index (Phi) is 4.29. The summed E-state index contributed by atoms with van der Waals surface area (Å²) in [6, 6.07) is 5.93. The van der Waals surface area contributed by atoms with Gasteiger partial charge in [0.05, 0.1) is 5.56 Å². The summed E-state index contributed by atoms with van der Waals surface area (Å²) in [5, 5.41) is 3.04. The fraction of sp³-hybridized carbons (Fsp3) is 0.188. The van der Waals surface area contributed by atoms with Crippen LogP contribution >= 0.6 is 11.8 Å². The summed E-state index contributed by atoms with van der Waals surface area (Å²) in [4.78, 5) is 31.4. The third kappa shape index (κ3) is 3.19. The molecule has 2 aromatic rings. The zero-order valence-electron chi connectivity index (χ0n) is 12.1. The molecule has 0 bridgehead atoms. The molecule has 1 aliphatic rings. The Labute approximate surface area is 136 Å². The summed E-state index contributed by atoms with van der Waals surface area (Å²) in [7, 11) is 0. The van der Waals surface area contributed by atoms with E-state index < -0.39 is 11.7 Å². The lowest BCUT2D eigenvalue weighted by Gasteiger charge is -2.24. The number of carbonyl (C=O) groups excluding carboxylic acids is 1. The summed E-state index contributed by atoms with van der Waals surface area (Å²) in [5.41, 5.74) is 0.619. The first-order valence-corrected chi connectivity index (χ1v) is 8.00. The standard InChI is InChI=1S/C16H14FN3O2S/c1-2-6-23-16-19-14-13(15(22)20-16)11(8-12(21)18-14)9-4-3-5-10(17)7-9/h2-5,7,11H,1,6,8H2,(H2,18,19,20,21,22). The van der Waals surface area contributed by atoms with Crippen molar-refractivity contribution >= 4 is 23.5 Å². The van der Waals surface area contributed by atoms with E-state index in [4.69, 9.17) is 0 Å². The van der Waals surface area contributed by atoms with Gasteiger partial charge in [0.1, 0.15) is 11.6 Å². The molecule has 5 nitrogen and oxygen atoms in total. The van der Waals surface area contributed by atoms with Crippen molar-refractivity contribution in [2.75, 3.05) is 11.1 Å². The zero-order chi connectivity index (χ0) is 16.4. The second-order valence-electron chi connectivity index (χ2n) is 5.09. The lowest BCUT2D eigenvalue weighted by Crippen LogP contribution is -2.31. The molecule has 1 aromatic carbocycles. The van der Waals surface area contributed by atoms with Gasteiger partial charge >= 0.3 is 0 Å². The minimum Gasteiger partial charge on any atom is -0.310 e. The highest BCUT2D eigenvalue weighted by Gasteiger charge is 2.31. The molecule has 1 amide bonds. The van der Waals surface area contributed by atoms with Crippen LogP contribution in [-0.4, -0.2) is 21.6 Å². The number of nitrogens with one attached hydrogen (secondary N) is 2. The van der Waals surface area contributed by atoms with E-state index in [2.05, 4.69) is 21.9 Å². The lowest BCUT2D eigenvalue weighted by molar-refractivity contribution is -0.116. The zero-order valence-corrected chi connectivity index (χ0v) is 13.0. The van der Waals surface area contributed by atoms with Crippen molar-refractivity contribution < 1.29 is 9.18 Å². The maximum Gasteiger partial charge on any atom is 0.257 e. The maximum absolute atomic E-state index is 13.5. The monoisotopic (exact) mass is 331 g/mol. The number of anilines is 1. The first-order valence-electron chi connectivity index (χ1n) is 7.01. The van der Waals surface area contributed by atoms with Gasteiger partial charge in [-0.3, -0.25) is 9.59 Å². The Hall–Kier alpha value is -2.41. The van der Waals surface area contributed by atoms with Crippen LogP contribution in [0.25, 0.3) is 0 Å². The van der Waals surface area contributed by atoms with Gasteiger partial charge < -0.3 is 10.3 Å². The number of aromatic nitrogens is 2. The topological polar surface area (TPSA) is 74.8 Å². The van der Waals surface area contributed by atoms with E-state index >= 15 is 0 Å². The number of benzene rings is 1. The largest absolute Gasteiger partial charge is 0.310 e. The summed E-state index contributed by atoms with van der Waals surface area (Å²) in [6.45, 7) is 3.61. The predicted molar refractivity (Wildman–Crippen MR) is 87.3 cm³/mol. The molecule has 2 N–H and O–H groups in total. The smallest absolute Gasteiger partial charge is 0.257 e. The summed E-state index contributed by atoms with van der Waals surface area (Å²) in [6.07, 6.45) is 1.78. The van der Waals surface area contributed by atoms with Gasteiger partial charge in [-0.15, -0.1) is 6.58 Å². The highest BCUT2D eigenvalue weighted by molar-refractivity contribution is 7.99. The van der Waals surface area contributed by atoms with Crippen molar-refractivity contribution in [3.8, 4) is 0 Å². The van der Waals surface area contributed by atoms with Crippen LogP contribution in [0.1, 0.15) is 23.5 Å². The Balaban J connectivity index is 2.08. The van der Waals surface area contributed by atoms with Crippen LogP contribution < -0.4 is 10.9 Å². The highest BCUT2D eigenvalue weighted by Crippen LogP contribution is 2.34. The number of thioether (sulfide) groups is 1. The van der Waals surface area contributed by atoms with E-state index in [0.717, 1.165) is 0 Å². The van der Waals surface area contributed by atoms with Gasteiger partial charge in [0.25, 0.3) is 5.56 Å². The average Bonchev–Trinajstić information content (AvgIpc) is 2.51. The quantitative estimate of drug-likeness (QED) is 0.513. The number of fused-ring (bicyclic) bond motifs is 1. The second kappa shape index (κ2) is 6.37. The normalized spacial score (nSPS) is 16.6. The third-order valence-electron chi connectivity index (χ3n) is 3.52. The molecule has 1 aromatic heterocycles. The molecule has 1 aliphatic heterocycles. The third-order valence-corrected chi connectivity index (χ3v) is 4.39.